The van der Waals surface area contributed by atoms with Crippen molar-refractivity contribution in [3.63, 3.8) is 0 Å². The Morgan fingerprint density at radius 2 is 2.27 bits per heavy atom. The van der Waals surface area contributed by atoms with Crippen LogP contribution in [0, 0.1) is 0 Å². The summed E-state index contributed by atoms with van der Waals surface area (Å²) in [7, 11) is 0. The second-order valence-corrected chi connectivity index (χ2v) is 4.46. The molecule has 1 rings (SSSR count). The number of rotatable bonds is 6. The summed E-state index contributed by atoms with van der Waals surface area (Å²) in [5.74, 6) is 0. The molecule has 0 aliphatic carbocycles. The Labute approximate surface area is 99.8 Å². The summed E-state index contributed by atoms with van der Waals surface area (Å²) >= 11 is 3.47. The molecule has 0 unspecified atom stereocenters. The molecule has 0 bridgehead atoms. The van der Waals surface area contributed by atoms with Crippen LogP contribution in [0.25, 0.3) is 0 Å². The first kappa shape index (κ1) is 12.7. The van der Waals surface area contributed by atoms with E-state index in [-0.39, 0.29) is 6.61 Å². The first-order chi connectivity index (χ1) is 7.27. The molecule has 15 heavy (non-hydrogen) atoms. The molecule has 0 radical (unpaired) electrons. The van der Waals surface area contributed by atoms with Gasteiger partial charge in [0.25, 0.3) is 0 Å². The SMILES string of the molecule is CC[C@H](NCCCO)c1cccc(Br)c1. The summed E-state index contributed by atoms with van der Waals surface area (Å²) in [5.41, 5.74) is 1.30. The Kier molecular flexibility index (Phi) is 5.91. The van der Waals surface area contributed by atoms with Crippen LogP contribution in [0.3, 0.4) is 0 Å². The maximum Gasteiger partial charge on any atom is 0.0443 e. The van der Waals surface area contributed by atoms with Crippen molar-refractivity contribution < 1.29 is 5.11 Å². The van der Waals surface area contributed by atoms with Crippen LogP contribution in [0.1, 0.15) is 31.4 Å². The molecular weight excluding hydrogens is 254 g/mol. The Morgan fingerprint density at radius 3 is 2.87 bits per heavy atom. The van der Waals surface area contributed by atoms with Gasteiger partial charge in [0.2, 0.25) is 0 Å². The van der Waals surface area contributed by atoms with Gasteiger partial charge >= 0.3 is 0 Å². The predicted molar refractivity (Wildman–Crippen MR) is 66.9 cm³/mol. The number of hydrogen-bond donors (Lipinski definition) is 2. The molecule has 0 aromatic heterocycles. The van der Waals surface area contributed by atoms with Crippen LogP contribution >= 0.6 is 15.9 Å². The van der Waals surface area contributed by atoms with Gasteiger partial charge in [-0.2, -0.15) is 0 Å². The average molecular weight is 272 g/mol. The topological polar surface area (TPSA) is 32.3 Å². The van der Waals surface area contributed by atoms with Gasteiger partial charge < -0.3 is 10.4 Å². The van der Waals surface area contributed by atoms with E-state index in [9.17, 15) is 0 Å². The van der Waals surface area contributed by atoms with E-state index in [1.807, 2.05) is 6.07 Å². The zero-order valence-corrected chi connectivity index (χ0v) is 10.6. The Hall–Kier alpha value is -0.380. The number of nitrogens with one attached hydrogen (secondary N) is 1. The molecule has 1 aromatic rings. The minimum absolute atomic E-state index is 0.252. The highest BCUT2D eigenvalue weighted by molar-refractivity contribution is 9.10. The van der Waals surface area contributed by atoms with Crippen molar-refractivity contribution in [3.8, 4) is 0 Å². The van der Waals surface area contributed by atoms with Crippen molar-refractivity contribution in [1.29, 1.82) is 0 Å². The van der Waals surface area contributed by atoms with E-state index < -0.39 is 0 Å². The molecule has 2 nitrogen and oxygen atoms in total. The fourth-order valence-corrected chi connectivity index (χ4v) is 1.99. The largest absolute Gasteiger partial charge is 0.396 e. The van der Waals surface area contributed by atoms with Crippen molar-refractivity contribution in [2.24, 2.45) is 0 Å². The maximum atomic E-state index is 8.72. The molecule has 0 spiro atoms. The van der Waals surface area contributed by atoms with Gasteiger partial charge in [-0.25, -0.2) is 0 Å². The zero-order chi connectivity index (χ0) is 11.1. The fourth-order valence-electron chi connectivity index (χ4n) is 1.58. The molecule has 1 aromatic carbocycles. The summed E-state index contributed by atoms with van der Waals surface area (Å²) in [4.78, 5) is 0. The van der Waals surface area contributed by atoms with Gasteiger partial charge in [-0.05, 0) is 37.1 Å². The lowest BCUT2D eigenvalue weighted by molar-refractivity contribution is 0.283. The van der Waals surface area contributed by atoms with E-state index in [1.54, 1.807) is 0 Å². The number of aliphatic hydroxyl groups excluding tert-OH is 1. The highest BCUT2D eigenvalue weighted by atomic mass is 79.9. The third kappa shape index (κ3) is 4.33. The molecular formula is C12H18BrNO. The van der Waals surface area contributed by atoms with Crippen LogP contribution in [0.15, 0.2) is 28.7 Å². The van der Waals surface area contributed by atoms with Gasteiger partial charge in [-0.1, -0.05) is 35.0 Å². The van der Waals surface area contributed by atoms with Gasteiger partial charge in [-0.3, -0.25) is 0 Å². The average Bonchev–Trinajstić information content (AvgIpc) is 2.24. The van der Waals surface area contributed by atoms with Crippen molar-refractivity contribution in [2.45, 2.75) is 25.8 Å². The van der Waals surface area contributed by atoms with Gasteiger partial charge in [0.1, 0.15) is 0 Å². The Bertz CT molecular complexity index is 291. The maximum absolute atomic E-state index is 8.72. The van der Waals surface area contributed by atoms with Crippen LogP contribution in [0.2, 0.25) is 0 Å². The monoisotopic (exact) mass is 271 g/mol. The smallest absolute Gasteiger partial charge is 0.0443 e. The zero-order valence-electron chi connectivity index (χ0n) is 9.04. The third-order valence-electron chi connectivity index (χ3n) is 2.38. The highest BCUT2D eigenvalue weighted by Crippen LogP contribution is 2.20. The second-order valence-electron chi connectivity index (χ2n) is 3.55. The molecule has 2 N–H and O–H groups in total. The van der Waals surface area contributed by atoms with Crippen LogP contribution < -0.4 is 5.32 Å². The van der Waals surface area contributed by atoms with E-state index in [4.69, 9.17) is 5.11 Å². The fraction of sp³-hybridized carbons (Fsp3) is 0.500. The summed E-state index contributed by atoms with van der Waals surface area (Å²) < 4.78 is 1.11. The first-order valence-corrected chi connectivity index (χ1v) is 6.17. The predicted octanol–water partition coefficient (Wildman–Crippen LogP) is 2.87. The molecule has 0 saturated carbocycles. The first-order valence-electron chi connectivity index (χ1n) is 5.37. The summed E-state index contributed by atoms with van der Waals surface area (Å²) in [6.45, 7) is 3.28. The Balaban J connectivity index is 2.57. The van der Waals surface area contributed by atoms with E-state index in [0.29, 0.717) is 6.04 Å². The van der Waals surface area contributed by atoms with Crippen molar-refractivity contribution in [2.75, 3.05) is 13.2 Å². The van der Waals surface area contributed by atoms with Crippen LogP contribution in [-0.2, 0) is 0 Å². The van der Waals surface area contributed by atoms with Crippen LogP contribution in [-0.4, -0.2) is 18.3 Å². The van der Waals surface area contributed by atoms with Crippen LogP contribution in [0.5, 0.6) is 0 Å². The highest BCUT2D eigenvalue weighted by Gasteiger charge is 2.07. The van der Waals surface area contributed by atoms with Gasteiger partial charge in [0, 0.05) is 17.1 Å². The van der Waals surface area contributed by atoms with Crippen LogP contribution in [0.4, 0.5) is 0 Å². The quantitative estimate of drug-likeness (QED) is 0.780. The van der Waals surface area contributed by atoms with E-state index in [2.05, 4.69) is 46.4 Å². The van der Waals surface area contributed by atoms with E-state index >= 15 is 0 Å². The summed E-state index contributed by atoms with van der Waals surface area (Å²) in [5, 5.41) is 12.2. The normalized spacial score (nSPS) is 12.7. The van der Waals surface area contributed by atoms with Gasteiger partial charge in [0.15, 0.2) is 0 Å². The molecule has 3 heteroatoms. The minimum Gasteiger partial charge on any atom is -0.396 e. The molecule has 84 valence electrons. The summed E-state index contributed by atoms with van der Waals surface area (Å²) in [6.07, 6.45) is 1.87. The molecule has 1 atom stereocenters. The number of halogens is 1. The molecule has 0 fully saturated rings. The second kappa shape index (κ2) is 6.99. The summed E-state index contributed by atoms with van der Waals surface area (Å²) in [6, 6.07) is 8.74. The lowest BCUT2D eigenvalue weighted by Gasteiger charge is -2.17. The van der Waals surface area contributed by atoms with Crippen molar-refractivity contribution >= 4 is 15.9 Å². The number of benzene rings is 1. The molecule has 0 amide bonds. The molecule has 0 heterocycles. The van der Waals surface area contributed by atoms with Crippen molar-refractivity contribution in [1.82, 2.24) is 5.32 Å². The molecule has 0 aliphatic heterocycles. The third-order valence-corrected chi connectivity index (χ3v) is 2.88. The molecule has 0 saturated heterocycles. The van der Waals surface area contributed by atoms with Gasteiger partial charge in [0.05, 0.1) is 0 Å². The molecule has 0 aliphatic rings. The van der Waals surface area contributed by atoms with E-state index in [1.165, 1.54) is 5.56 Å². The van der Waals surface area contributed by atoms with E-state index in [0.717, 1.165) is 23.9 Å². The number of hydrogen-bond acceptors (Lipinski definition) is 2. The minimum atomic E-state index is 0.252. The number of aliphatic hydroxyl groups is 1. The lowest BCUT2D eigenvalue weighted by atomic mass is 10.0. The van der Waals surface area contributed by atoms with Gasteiger partial charge in [-0.15, -0.1) is 0 Å². The Morgan fingerprint density at radius 1 is 1.47 bits per heavy atom. The van der Waals surface area contributed by atoms with Crippen molar-refractivity contribution in [3.05, 3.63) is 34.3 Å². The lowest BCUT2D eigenvalue weighted by Crippen LogP contribution is -2.22. The standard InChI is InChI=1S/C12H18BrNO/c1-2-12(14-7-4-8-15)10-5-3-6-11(13)9-10/h3,5-6,9,12,14-15H,2,4,7-8H2,1H3/t12-/m0/s1.